The molecule has 0 aromatic rings. The van der Waals surface area contributed by atoms with Gasteiger partial charge in [-0.2, -0.15) is 13.2 Å². The van der Waals surface area contributed by atoms with Crippen LogP contribution in [-0.2, 0) is 4.84 Å². The van der Waals surface area contributed by atoms with Crippen molar-refractivity contribution in [1.82, 2.24) is 10.4 Å². The van der Waals surface area contributed by atoms with Crippen molar-refractivity contribution in [1.29, 1.82) is 0 Å². The van der Waals surface area contributed by atoms with Crippen LogP contribution in [0.5, 0.6) is 0 Å². The summed E-state index contributed by atoms with van der Waals surface area (Å²) in [6.07, 6.45) is -3.96. The lowest BCUT2D eigenvalue weighted by Gasteiger charge is -2.22. The van der Waals surface area contributed by atoms with E-state index in [4.69, 9.17) is 5.11 Å². The summed E-state index contributed by atoms with van der Waals surface area (Å²) in [6, 6.07) is -0.884. The molecule has 0 spiro atoms. The molecule has 1 rings (SSSR count). The first kappa shape index (κ1) is 14.0. The molecule has 0 saturated carbocycles. The van der Waals surface area contributed by atoms with Gasteiger partial charge in [0.05, 0.1) is 25.7 Å². The van der Waals surface area contributed by atoms with Crippen molar-refractivity contribution in [2.75, 3.05) is 19.8 Å². The molecule has 0 radical (unpaired) electrons. The summed E-state index contributed by atoms with van der Waals surface area (Å²) in [6.45, 7) is -0.303. The van der Waals surface area contributed by atoms with Gasteiger partial charge in [0.1, 0.15) is 0 Å². The van der Waals surface area contributed by atoms with Crippen LogP contribution in [0.25, 0.3) is 0 Å². The first-order valence-electron chi connectivity index (χ1n) is 5.30. The van der Waals surface area contributed by atoms with E-state index in [1.165, 1.54) is 4.90 Å². The van der Waals surface area contributed by atoms with Crippen molar-refractivity contribution >= 4 is 6.03 Å². The van der Waals surface area contributed by atoms with Crippen molar-refractivity contribution in [3.05, 3.63) is 0 Å². The number of rotatable bonds is 4. The molecule has 2 amide bonds. The fourth-order valence-corrected chi connectivity index (χ4v) is 1.63. The van der Waals surface area contributed by atoms with E-state index >= 15 is 0 Å². The van der Waals surface area contributed by atoms with Gasteiger partial charge >= 0.3 is 12.2 Å². The van der Waals surface area contributed by atoms with Gasteiger partial charge in [-0.3, -0.25) is 4.84 Å². The zero-order valence-electron chi connectivity index (χ0n) is 9.16. The lowest BCUT2D eigenvalue weighted by molar-refractivity contribution is -0.149. The molecule has 1 aliphatic rings. The lowest BCUT2D eigenvalue weighted by Crippen LogP contribution is -2.44. The highest BCUT2D eigenvalue weighted by Crippen LogP contribution is 2.19. The van der Waals surface area contributed by atoms with Crippen LogP contribution in [0.1, 0.15) is 19.3 Å². The van der Waals surface area contributed by atoms with Crippen molar-refractivity contribution in [2.24, 2.45) is 0 Å². The third kappa shape index (κ3) is 4.78. The van der Waals surface area contributed by atoms with E-state index in [9.17, 15) is 18.0 Å². The Morgan fingerprint density at radius 1 is 1.53 bits per heavy atom. The second-order valence-electron chi connectivity index (χ2n) is 3.79. The highest BCUT2D eigenvalue weighted by molar-refractivity contribution is 5.73. The van der Waals surface area contributed by atoms with Crippen LogP contribution in [0, 0.1) is 0 Å². The van der Waals surface area contributed by atoms with Crippen molar-refractivity contribution < 1.29 is 27.9 Å². The van der Waals surface area contributed by atoms with E-state index in [1.807, 2.05) is 5.48 Å². The zero-order chi connectivity index (χ0) is 12.9. The number of nitrogens with one attached hydrogen (secondary N) is 1. The Morgan fingerprint density at radius 3 is 2.82 bits per heavy atom. The quantitative estimate of drug-likeness (QED) is 0.583. The first-order valence-corrected chi connectivity index (χ1v) is 5.30. The van der Waals surface area contributed by atoms with Gasteiger partial charge in [0.25, 0.3) is 0 Å². The number of halogens is 3. The molecule has 1 heterocycles. The number of amides is 2. The minimum atomic E-state index is -4.30. The molecule has 17 heavy (non-hydrogen) atoms. The summed E-state index contributed by atoms with van der Waals surface area (Å²) < 4.78 is 35.3. The molecule has 1 fully saturated rings. The minimum Gasteiger partial charge on any atom is -0.394 e. The van der Waals surface area contributed by atoms with Gasteiger partial charge < -0.3 is 10.0 Å². The molecule has 0 aromatic heterocycles. The van der Waals surface area contributed by atoms with E-state index < -0.39 is 25.2 Å². The van der Waals surface area contributed by atoms with Crippen molar-refractivity contribution in [3.8, 4) is 0 Å². The van der Waals surface area contributed by atoms with Crippen LogP contribution in [0.3, 0.4) is 0 Å². The Hall–Kier alpha value is -1.02. The summed E-state index contributed by atoms with van der Waals surface area (Å²) in [5.74, 6) is 0. The number of carbonyl (C=O) groups is 1. The average Bonchev–Trinajstić information content (AvgIpc) is 2.70. The summed E-state index contributed by atoms with van der Waals surface area (Å²) in [7, 11) is 0. The van der Waals surface area contributed by atoms with Crippen LogP contribution in [0.2, 0.25) is 0 Å². The van der Waals surface area contributed by atoms with Gasteiger partial charge in [-0.1, -0.05) is 0 Å². The predicted molar refractivity (Wildman–Crippen MR) is 52.0 cm³/mol. The number of aliphatic hydroxyl groups is 1. The van der Waals surface area contributed by atoms with E-state index in [-0.39, 0.29) is 12.6 Å². The van der Waals surface area contributed by atoms with Gasteiger partial charge in [0.15, 0.2) is 0 Å². The molecule has 1 aliphatic heterocycles. The number of alkyl halides is 3. The van der Waals surface area contributed by atoms with Crippen LogP contribution < -0.4 is 5.48 Å². The van der Waals surface area contributed by atoms with Gasteiger partial charge in [-0.05, 0) is 12.8 Å². The van der Waals surface area contributed by atoms with Crippen LogP contribution in [0.15, 0.2) is 0 Å². The van der Waals surface area contributed by atoms with Gasteiger partial charge in [0.2, 0.25) is 0 Å². The summed E-state index contributed by atoms with van der Waals surface area (Å²) in [4.78, 5) is 17.2. The van der Waals surface area contributed by atoms with E-state index in [2.05, 4.69) is 4.84 Å². The molecular formula is C9H15F3N2O3. The predicted octanol–water partition coefficient (Wildman–Crippen LogP) is 1.04. The molecule has 1 saturated heterocycles. The normalized spacial score (nSPS) is 20.7. The maximum absolute atomic E-state index is 11.8. The maximum Gasteiger partial charge on any atom is 0.391 e. The molecule has 0 bridgehead atoms. The van der Waals surface area contributed by atoms with Gasteiger partial charge in [-0.15, -0.1) is 0 Å². The van der Waals surface area contributed by atoms with E-state index in [0.717, 1.165) is 6.42 Å². The molecule has 100 valence electrons. The fourth-order valence-electron chi connectivity index (χ4n) is 1.63. The molecular weight excluding hydrogens is 241 g/mol. The lowest BCUT2D eigenvalue weighted by atomic mass is 10.2. The number of hydroxylamine groups is 1. The number of hydrogen-bond acceptors (Lipinski definition) is 3. The summed E-state index contributed by atoms with van der Waals surface area (Å²) in [5.41, 5.74) is 1.94. The molecule has 1 atom stereocenters. The Labute approximate surface area is 96.5 Å². The van der Waals surface area contributed by atoms with Crippen molar-refractivity contribution in [2.45, 2.75) is 31.5 Å². The maximum atomic E-state index is 11.8. The summed E-state index contributed by atoms with van der Waals surface area (Å²) in [5, 5.41) is 8.95. The Balaban J connectivity index is 2.21. The number of carbonyl (C=O) groups excluding carboxylic acids is 1. The Morgan fingerprint density at radius 2 is 2.24 bits per heavy atom. The third-order valence-electron chi connectivity index (χ3n) is 2.50. The van der Waals surface area contributed by atoms with Gasteiger partial charge in [-0.25, -0.2) is 10.3 Å². The number of nitrogens with zero attached hydrogens (tertiary/aromatic N) is 1. The Bertz CT molecular complexity index is 260. The SMILES string of the molecule is O=C(NOCCC(F)(F)F)N1CCC[C@H]1CO. The average molecular weight is 256 g/mol. The van der Waals surface area contributed by atoms with Crippen LogP contribution in [0.4, 0.5) is 18.0 Å². The molecule has 0 unspecified atom stereocenters. The monoisotopic (exact) mass is 256 g/mol. The molecule has 0 aromatic carbocycles. The molecule has 5 nitrogen and oxygen atoms in total. The highest BCUT2D eigenvalue weighted by Gasteiger charge is 2.29. The van der Waals surface area contributed by atoms with Crippen LogP contribution >= 0.6 is 0 Å². The number of aliphatic hydroxyl groups excluding tert-OH is 1. The zero-order valence-corrected chi connectivity index (χ0v) is 9.16. The Kier molecular flexibility index (Phi) is 5.01. The van der Waals surface area contributed by atoms with E-state index in [1.54, 1.807) is 0 Å². The molecule has 0 aliphatic carbocycles. The highest BCUT2D eigenvalue weighted by atomic mass is 19.4. The van der Waals surface area contributed by atoms with Crippen LogP contribution in [-0.4, -0.2) is 48.0 Å². The molecule has 2 N–H and O–H groups in total. The summed E-state index contributed by atoms with van der Waals surface area (Å²) >= 11 is 0. The third-order valence-corrected chi connectivity index (χ3v) is 2.50. The standard InChI is InChI=1S/C9H15F3N2O3/c10-9(11,12)3-5-17-13-8(16)14-4-1-2-7(14)6-15/h7,15H,1-6H2,(H,13,16)/t7-/m0/s1. The largest absolute Gasteiger partial charge is 0.394 e. The topological polar surface area (TPSA) is 61.8 Å². The van der Waals surface area contributed by atoms with E-state index in [0.29, 0.717) is 13.0 Å². The number of hydrogen-bond donors (Lipinski definition) is 2. The van der Waals surface area contributed by atoms with Gasteiger partial charge in [0, 0.05) is 6.54 Å². The van der Waals surface area contributed by atoms with Crippen molar-refractivity contribution in [3.63, 3.8) is 0 Å². The fraction of sp³-hybridized carbons (Fsp3) is 0.889. The smallest absolute Gasteiger partial charge is 0.391 e. The second kappa shape index (κ2) is 6.06. The number of likely N-dealkylation sites (tertiary alicyclic amines) is 1. The molecule has 8 heteroatoms. The number of urea groups is 1. The first-order chi connectivity index (χ1) is 7.94. The minimum absolute atomic E-state index is 0.157. The second-order valence-corrected chi connectivity index (χ2v) is 3.79.